The number of fused-ring (bicyclic) bond motifs is 1. The van der Waals surface area contributed by atoms with Crippen molar-refractivity contribution in [3.05, 3.63) is 41.9 Å². The highest BCUT2D eigenvalue weighted by atomic mass is 19.1. The van der Waals surface area contributed by atoms with Gasteiger partial charge >= 0.3 is 6.03 Å². The fourth-order valence-corrected chi connectivity index (χ4v) is 4.12. The van der Waals surface area contributed by atoms with Gasteiger partial charge in [0, 0.05) is 54.9 Å². The molecule has 2 aliphatic heterocycles. The summed E-state index contributed by atoms with van der Waals surface area (Å²) >= 11 is 0. The van der Waals surface area contributed by atoms with E-state index in [1.165, 1.54) is 17.7 Å². The molecule has 0 atom stereocenters. The Hall–Kier alpha value is -2.34. The van der Waals surface area contributed by atoms with E-state index in [-0.39, 0.29) is 17.9 Å². The summed E-state index contributed by atoms with van der Waals surface area (Å²) in [6.45, 7) is 6.71. The van der Waals surface area contributed by atoms with Crippen molar-refractivity contribution in [2.75, 3.05) is 32.7 Å². The molecule has 3 heterocycles. The normalized spacial score (nSPS) is 19.3. The predicted molar refractivity (Wildman–Crippen MR) is 106 cm³/mol. The smallest absolute Gasteiger partial charge is 0.317 e. The number of rotatable bonds is 3. The van der Waals surface area contributed by atoms with Gasteiger partial charge in [0.15, 0.2) is 0 Å². The van der Waals surface area contributed by atoms with Crippen LogP contribution >= 0.6 is 0 Å². The molecule has 0 radical (unpaired) electrons. The van der Waals surface area contributed by atoms with E-state index in [9.17, 15) is 9.18 Å². The monoisotopic (exact) mass is 370 g/mol. The van der Waals surface area contributed by atoms with E-state index in [1.54, 1.807) is 0 Å². The molecule has 0 aliphatic carbocycles. The molecule has 2 amide bonds. The average molecular weight is 370 g/mol. The zero-order valence-corrected chi connectivity index (χ0v) is 15.8. The van der Waals surface area contributed by atoms with Crippen molar-refractivity contribution in [1.82, 2.24) is 20.1 Å². The average Bonchev–Trinajstić information content (AvgIpc) is 3.11. The highest BCUT2D eigenvalue weighted by Gasteiger charge is 2.24. The second kappa shape index (κ2) is 7.72. The van der Waals surface area contributed by atoms with Gasteiger partial charge in [-0.1, -0.05) is 13.0 Å². The molecule has 1 aromatic heterocycles. The molecule has 27 heavy (non-hydrogen) atoms. The van der Waals surface area contributed by atoms with E-state index in [1.807, 2.05) is 17.2 Å². The number of carbonyl (C=O) groups excluding carboxylic acids is 1. The fraction of sp³-hybridized carbons (Fsp3) is 0.476. The van der Waals surface area contributed by atoms with Crippen LogP contribution in [0, 0.1) is 5.82 Å². The number of amides is 2. The number of hydrogen-bond acceptors (Lipinski definition) is 2. The molecule has 5 nitrogen and oxygen atoms in total. The van der Waals surface area contributed by atoms with Crippen LogP contribution < -0.4 is 5.32 Å². The minimum atomic E-state index is -0.235. The van der Waals surface area contributed by atoms with Crippen LogP contribution in [0.1, 0.15) is 31.7 Å². The summed E-state index contributed by atoms with van der Waals surface area (Å²) < 4.78 is 13.4. The Kier molecular flexibility index (Phi) is 5.16. The largest absolute Gasteiger partial charge is 0.360 e. The Labute approximate surface area is 159 Å². The number of halogens is 1. The van der Waals surface area contributed by atoms with Gasteiger partial charge in [-0.2, -0.15) is 0 Å². The Morgan fingerprint density at radius 2 is 2.11 bits per heavy atom. The molecule has 0 saturated carbocycles. The van der Waals surface area contributed by atoms with Crippen LogP contribution in [0.15, 0.2) is 30.5 Å². The van der Waals surface area contributed by atoms with E-state index in [0.717, 1.165) is 55.4 Å². The van der Waals surface area contributed by atoms with Crippen molar-refractivity contribution in [1.29, 1.82) is 0 Å². The van der Waals surface area contributed by atoms with Crippen LogP contribution in [-0.2, 0) is 0 Å². The summed E-state index contributed by atoms with van der Waals surface area (Å²) in [4.78, 5) is 20.0. The van der Waals surface area contributed by atoms with Gasteiger partial charge in [-0.05, 0) is 49.6 Å². The van der Waals surface area contributed by atoms with Crippen LogP contribution in [0.4, 0.5) is 9.18 Å². The highest BCUT2D eigenvalue weighted by Crippen LogP contribution is 2.29. The van der Waals surface area contributed by atoms with Crippen LogP contribution in [0.3, 0.4) is 0 Å². The number of hydrogen-bond donors (Lipinski definition) is 2. The van der Waals surface area contributed by atoms with Gasteiger partial charge in [-0.25, -0.2) is 9.18 Å². The van der Waals surface area contributed by atoms with Crippen molar-refractivity contribution >= 4 is 22.5 Å². The number of nitrogens with one attached hydrogen (secondary N) is 2. The number of nitrogens with zero attached hydrogens (tertiary/aromatic N) is 2. The summed E-state index contributed by atoms with van der Waals surface area (Å²) in [5, 5.41) is 4.23. The molecule has 1 saturated heterocycles. The van der Waals surface area contributed by atoms with Crippen LogP contribution in [0.5, 0.6) is 0 Å². The molecule has 0 spiro atoms. The lowest BCUT2D eigenvalue weighted by molar-refractivity contribution is 0.178. The van der Waals surface area contributed by atoms with Crippen molar-refractivity contribution in [2.45, 2.75) is 32.2 Å². The van der Waals surface area contributed by atoms with Crippen LogP contribution in [-0.4, -0.2) is 59.6 Å². The van der Waals surface area contributed by atoms with Crippen LogP contribution in [0.25, 0.3) is 16.5 Å². The van der Waals surface area contributed by atoms with Gasteiger partial charge in [0.25, 0.3) is 0 Å². The minimum absolute atomic E-state index is 0.0428. The molecule has 144 valence electrons. The van der Waals surface area contributed by atoms with E-state index < -0.39 is 0 Å². The van der Waals surface area contributed by atoms with Gasteiger partial charge < -0.3 is 20.1 Å². The third kappa shape index (κ3) is 3.86. The third-order valence-corrected chi connectivity index (χ3v) is 5.85. The second-order valence-corrected chi connectivity index (χ2v) is 7.48. The van der Waals surface area contributed by atoms with E-state index >= 15 is 0 Å². The number of likely N-dealkylation sites (tertiary alicyclic amines) is 1. The Morgan fingerprint density at radius 1 is 1.30 bits per heavy atom. The highest BCUT2D eigenvalue weighted by molar-refractivity contribution is 5.93. The van der Waals surface area contributed by atoms with Crippen molar-refractivity contribution in [2.24, 2.45) is 0 Å². The number of aromatic nitrogens is 1. The maximum Gasteiger partial charge on any atom is 0.317 e. The summed E-state index contributed by atoms with van der Waals surface area (Å²) in [6.07, 6.45) is 6.93. The van der Waals surface area contributed by atoms with E-state index in [4.69, 9.17) is 0 Å². The standard InChI is InChI=1S/C21H27FN4O/c1-2-25-9-7-17(8-10-25)24-21(27)26-11-5-15(6-12-26)19-14-23-20-13-16(22)3-4-18(19)20/h3-5,13-14,17,23H,2,6-12H2,1H3,(H,24,27). The predicted octanol–water partition coefficient (Wildman–Crippen LogP) is 3.59. The molecule has 0 bridgehead atoms. The number of benzene rings is 1. The molecule has 6 heteroatoms. The molecular formula is C21H27FN4O. The lowest BCUT2D eigenvalue weighted by atomic mass is 9.99. The lowest BCUT2D eigenvalue weighted by Gasteiger charge is -2.34. The molecule has 2 N–H and O–H groups in total. The molecule has 2 aliphatic rings. The number of carbonyl (C=O) groups is 1. The molecule has 2 aromatic rings. The van der Waals surface area contributed by atoms with Gasteiger partial charge in [-0.3, -0.25) is 0 Å². The van der Waals surface area contributed by atoms with Crippen molar-refractivity contribution in [3.8, 4) is 0 Å². The summed E-state index contributed by atoms with van der Waals surface area (Å²) in [6, 6.07) is 5.16. The third-order valence-electron chi connectivity index (χ3n) is 5.85. The van der Waals surface area contributed by atoms with E-state index in [0.29, 0.717) is 13.1 Å². The summed E-state index contributed by atoms with van der Waals surface area (Å²) in [5.41, 5.74) is 3.13. The summed E-state index contributed by atoms with van der Waals surface area (Å²) in [5.74, 6) is -0.235. The first-order valence-corrected chi connectivity index (χ1v) is 9.88. The van der Waals surface area contributed by atoms with Crippen LogP contribution in [0.2, 0.25) is 0 Å². The molecule has 0 unspecified atom stereocenters. The van der Waals surface area contributed by atoms with Gasteiger partial charge in [-0.15, -0.1) is 0 Å². The molecular weight excluding hydrogens is 343 g/mol. The first kappa shape index (κ1) is 18.0. The molecule has 1 aromatic carbocycles. The minimum Gasteiger partial charge on any atom is -0.360 e. The number of H-pyrrole nitrogens is 1. The maximum absolute atomic E-state index is 13.4. The number of urea groups is 1. The first-order chi connectivity index (χ1) is 13.1. The van der Waals surface area contributed by atoms with Crippen molar-refractivity contribution in [3.63, 3.8) is 0 Å². The molecule has 1 fully saturated rings. The quantitative estimate of drug-likeness (QED) is 0.868. The zero-order valence-electron chi connectivity index (χ0n) is 15.8. The van der Waals surface area contributed by atoms with Crippen molar-refractivity contribution < 1.29 is 9.18 Å². The number of aromatic amines is 1. The van der Waals surface area contributed by atoms with Gasteiger partial charge in [0.05, 0.1) is 0 Å². The van der Waals surface area contributed by atoms with E-state index in [2.05, 4.69) is 28.2 Å². The first-order valence-electron chi connectivity index (χ1n) is 9.88. The number of piperidine rings is 1. The summed E-state index contributed by atoms with van der Waals surface area (Å²) in [7, 11) is 0. The zero-order chi connectivity index (χ0) is 18.8. The Morgan fingerprint density at radius 3 is 2.81 bits per heavy atom. The molecule has 4 rings (SSSR count). The maximum atomic E-state index is 13.4. The Bertz CT molecular complexity index is 851. The SMILES string of the molecule is CCN1CCC(NC(=O)N2CC=C(c3c[nH]c4cc(F)ccc34)CC2)CC1. The lowest BCUT2D eigenvalue weighted by Crippen LogP contribution is -2.50. The Balaban J connectivity index is 1.37. The topological polar surface area (TPSA) is 51.4 Å². The van der Waals surface area contributed by atoms with Gasteiger partial charge in [0.1, 0.15) is 5.82 Å². The fourth-order valence-electron chi connectivity index (χ4n) is 4.12. The van der Waals surface area contributed by atoms with Gasteiger partial charge in [0.2, 0.25) is 0 Å². The second-order valence-electron chi connectivity index (χ2n) is 7.48.